The Kier molecular flexibility index (Phi) is 4.55. The lowest BCUT2D eigenvalue weighted by atomic mass is 9.95. The van der Waals surface area contributed by atoms with Crippen LogP contribution in [0.5, 0.6) is 11.5 Å². The number of amides is 2. The first kappa shape index (κ1) is 16.9. The lowest BCUT2D eigenvalue weighted by Gasteiger charge is -2.31. The molecule has 0 saturated carbocycles. The Hall–Kier alpha value is -2.54. The summed E-state index contributed by atoms with van der Waals surface area (Å²) < 4.78 is 10.6. The zero-order chi connectivity index (χ0) is 18.1. The summed E-state index contributed by atoms with van der Waals surface area (Å²) >= 11 is 1.48. The quantitative estimate of drug-likeness (QED) is 0.898. The van der Waals surface area contributed by atoms with Gasteiger partial charge in [-0.3, -0.25) is 9.59 Å². The van der Waals surface area contributed by atoms with Gasteiger partial charge in [0, 0.05) is 30.8 Å². The van der Waals surface area contributed by atoms with E-state index in [0.29, 0.717) is 43.1 Å². The van der Waals surface area contributed by atoms with E-state index in [-0.39, 0.29) is 24.5 Å². The topological polar surface area (TPSA) is 67.9 Å². The van der Waals surface area contributed by atoms with Gasteiger partial charge in [-0.2, -0.15) is 0 Å². The van der Waals surface area contributed by atoms with Crippen LogP contribution in [-0.4, -0.2) is 36.6 Å². The third kappa shape index (κ3) is 3.26. The number of aryl methyl sites for hydroxylation is 1. The summed E-state index contributed by atoms with van der Waals surface area (Å²) in [4.78, 5) is 27.8. The first-order valence-electron chi connectivity index (χ1n) is 8.65. The van der Waals surface area contributed by atoms with E-state index in [0.717, 1.165) is 10.4 Å². The zero-order valence-corrected chi connectivity index (χ0v) is 15.3. The number of rotatable bonds is 3. The van der Waals surface area contributed by atoms with Crippen LogP contribution in [0, 0.1) is 12.8 Å². The lowest BCUT2D eigenvalue weighted by Crippen LogP contribution is -2.41. The summed E-state index contributed by atoms with van der Waals surface area (Å²) in [5.41, 5.74) is 1.72. The molecule has 26 heavy (non-hydrogen) atoms. The molecule has 1 aromatic carbocycles. The minimum atomic E-state index is -0.0890. The van der Waals surface area contributed by atoms with E-state index < -0.39 is 0 Å². The summed E-state index contributed by atoms with van der Waals surface area (Å²) in [6.45, 7) is 3.38. The number of anilines is 1. The number of likely N-dealkylation sites (tertiary alicyclic amines) is 1. The number of benzene rings is 1. The molecular formula is C19H20N2O4S. The number of thiophene rings is 1. The molecule has 2 aliphatic rings. The Bertz CT molecular complexity index is 840. The minimum absolute atomic E-state index is 0.0109. The van der Waals surface area contributed by atoms with Crippen LogP contribution in [0.3, 0.4) is 0 Å². The molecule has 0 atom stereocenters. The molecule has 0 aliphatic carbocycles. The summed E-state index contributed by atoms with van der Waals surface area (Å²) in [5, 5.41) is 4.88. The van der Waals surface area contributed by atoms with Crippen molar-refractivity contribution in [3.05, 3.63) is 40.1 Å². The number of hydrogen-bond donors (Lipinski definition) is 1. The van der Waals surface area contributed by atoms with Crippen molar-refractivity contribution < 1.29 is 19.1 Å². The summed E-state index contributed by atoms with van der Waals surface area (Å²) in [7, 11) is 0. The molecule has 136 valence electrons. The number of fused-ring (bicyclic) bond motifs is 1. The molecule has 2 aromatic rings. The van der Waals surface area contributed by atoms with Crippen molar-refractivity contribution >= 4 is 28.8 Å². The molecule has 1 saturated heterocycles. The largest absolute Gasteiger partial charge is 0.454 e. The highest BCUT2D eigenvalue weighted by molar-refractivity contribution is 7.12. The molecule has 1 aromatic heterocycles. The first-order chi connectivity index (χ1) is 12.6. The van der Waals surface area contributed by atoms with Gasteiger partial charge in [-0.05, 0) is 48.9 Å². The van der Waals surface area contributed by atoms with E-state index in [4.69, 9.17) is 9.47 Å². The maximum absolute atomic E-state index is 12.6. The average molecular weight is 372 g/mol. The van der Waals surface area contributed by atoms with E-state index in [2.05, 4.69) is 5.32 Å². The second-order valence-electron chi connectivity index (χ2n) is 6.56. The van der Waals surface area contributed by atoms with Gasteiger partial charge in [-0.25, -0.2) is 0 Å². The summed E-state index contributed by atoms with van der Waals surface area (Å²) in [6.07, 6.45) is 1.35. The van der Waals surface area contributed by atoms with Gasteiger partial charge in [0.1, 0.15) is 0 Å². The van der Waals surface area contributed by atoms with Gasteiger partial charge in [-0.15, -0.1) is 11.3 Å². The van der Waals surface area contributed by atoms with Crippen LogP contribution >= 0.6 is 11.3 Å². The van der Waals surface area contributed by atoms with Gasteiger partial charge in [0.25, 0.3) is 5.91 Å². The number of hydrogen-bond acceptors (Lipinski definition) is 5. The highest BCUT2D eigenvalue weighted by atomic mass is 32.1. The van der Waals surface area contributed by atoms with Gasteiger partial charge in [0.15, 0.2) is 11.5 Å². The van der Waals surface area contributed by atoms with E-state index in [1.165, 1.54) is 11.3 Å². The number of ether oxygens (including phenoxy) is 2. The molecule has 0 unspecified atom stereocenters. The van der Waals surface area contributed by atoms with Gasteiger partial charge in [0.2, 0.25) is 12.7 Å². The maximum atomic E-state index is 12.6. The predicted molar refractivity (Wildman–Crippen MR) is 98.9 cm³/mol. The summed E-state index contributed by atoms with van der Waals surface area (Å²) in [5.74, 6) is 1.32. The molecule has 6 nitrogen and oxygen atoms in total. The highest BCUT2D eigenvalue weighted by Crippen LogP contribution is 2.34. The molecule has 0 spiro atoms. The van der Waals surface area contributed by atoms with Crippen LogP contribution in [0.25, 0.3) is 0 Å². The Labute approximate surface area is 155 Å². The summed E-state index contributed by atoms with van der Waals surface area (Å²) in [6, 6.07) is 7.34. The Morgan fingerprint density at radius 3 is 2.65 bits per heavy atom. The fourth-order valence-electron chi connectivity index (χ4n) is 3.30. The van der Waals surface area contributed by atoms with Crippen LogP contribution in [0.1, 0.15) is 28.1 Å². The van der Waals surface area contributed by atoms with Crippen molar-refractivity contribution in [3.63, 3.8) is 0 Å². The molecule has 0 bridgehead atoms. The van der Waals surface area contributed by atoms with Crippen molar-refractivity contribution in [2.75, 3.05) is 25.2 Å². The SMILES string of the molecule is Cc1ccsc1C(=O)N1CCC(C(=O)Nc2ccc3c(c2)OCO3)CC1. The number of carbonyl (C=O) groups is 2. The van der Waals surface area contributed by atoms with Gasteiger partial charge >= 0.3 is 0 Å². The van der Waals surface area contributed by atoms with Crippen LogP contribution in [0.2, 0.25) is 0 Å². The predicted octanol–water partition coefficient (Wildman–Crippen LogP) is 3.28. The second kappa shape index (κ2) is 6.99. The molecule has 2 amide bonds. The Morgan fingerprint density at radius 2 is 1.92 bits per heavy atom. The molecule has 1 N–H and O–H groups in total. The number of nitrogens with zero attached hydrogens (tertiary/aromatic N) is 1. The number of carbonyl (C=O) groups excluding carboxylic acids is 2. The zero-order valence-electron chi connectivity index (χ0n) is 14.5. The first-order valence-corrected chi connectivity index (χ1v) is 9.53. The van der Waals surface area contributed by atoms with Crippen molar-refractivity contribution in [3.8, 4) is 11.5 Å². The molecule has 4 rings (SSSR count). The fourth-order valence-corrected chi connectivity index (χ4v) is 4.19. The van der Waals surface area contributed by atoms with E-state index >= 15 is 0 Å². The van der Waals surface area contributed by atoms with Gasteiger partial charge < -0.3 is 19.7 Å². The smallest absolute Gasteiger partial charge is 0.264 e. The van der Waals surface area contributed by atoms with Gasteiger partial charge in [-0.1, -0.05) is 0 Å². The van der Waals surface area contributed by atoms with Crippen molar-refractivity contribution in [2.45, 2.75) is 19.8 Å². The van der Waals surface area contributed by atoms with Crippen LogP contribution in [0.15, 0.2) is 29.6 Å². The van der Waals surface area contributed by atoms with Crippen molar-refractivity contribution in [1.82, 2.24) is 4.90 Å². The van der Waals surface area contributed by atoms with E-state index in [1.54, 1.807) is 12.1 Å². The number of piperidine rings is 1. The average Bonchev–Trinajstić information content (AvgIpc) is 3.29. The third-order valence-corrected chi connectivity index (χ3v) is 5.85. The molecule has 2 aliphatic heterocycles. The van der Waals surface area contributed by atoms with Crippen LogP contribution in [-0.2, 0) is 4.79 Å². The molecule has 3 heterocycles. The molecule has 7 heteroatoms. The molecule has 0 radical (unpaired) electrons. The highest BCUT2D eigenvalue weighted by Gasteiger charge is 2.29. The minimum Gasteiger partial charge on any atom is -0.454 e. The van der Waals surface area contributed by atoms with E-state index in [9.17, 15) is 9.59 Å². The standard InChI is InChI=1S/C19H20N2O4S/c1-12-6-9-26-17(12)19(23)21-7-4-13(5-8-21)18(22)20-14-2-3-15-16(10-14)25-11-24-15/h2-3,6,9-10,13H,4-5,7-8,11H2,1H3,(H,20,22). The maximum Gasteiger partial charge on any atom is 0.264 e. The van der Waals surface area contributed by atoms with Crippen molar-refractivity contribution in [2.24, 2.45) is 5.92 Å². The second-order valence-corrected chi connectivity index (χ2v) is 7.47. The molecular weight excluding hydrogens is 352 g/mol. The van der Waals surface area contributed by atoms with Crippen LogP contribution in [0.4, 0.5) is 5.69 Å². The Morgan fingerprint density at radius 1 is 1.15 bits per heavy atom. The lowest BCUT2D eigenvalue weighted by molar-refractivity contribution is -0.121. The number of nitrogens with one attached hydrogen (secondary N) is 1. The van der Waals surface area contributed by atoms with E-state index in [1.807, 2.05) is 29.3 Å². The molecule has 1 fully saturated rings. The fraction of sp³-hybridized carbons (Fsp3) is 0.368. The Balaban J connectivity index is 1.33. The van der Waals surface area contributed by atoms with Crippen LogP contribution < -0.4 is 14.8 Å². The van der Waals surface area contributed by atoms with Gasteiger partial charge in [0.05, 0.1) is 4.88 Å². The normalized spacial score (nSPS) is 16.6. The van der Waals surface area contributed by atoms with Crippen molar-refractivity contribution in [1.29, 1.82) is 0 Å². The third-order valence-electron chi connectivity index (χ3n) is 4.85. The monoisotopic (exact) mass is 372 g/mol.